The first-order valence-corrected chi connectivity index (χ1v) is 16.5. The van der Waals surface area contributed by atoms with Crippen molar-refractivity contribution in [3.8, 4) is 17.2 Å². The highest BCUT2D eigenvalue weighted by Crippen LogP contribution is 2.47. The lowest BCUT2D eigenvalue weighted by molar-refractivity contribution is 0.0734. The highest BCUT2D eigenvalue weighted by atomic mass is 16.5. The molecule has 1 fully saturated rings. The molecule has 6 nitrogen and oxygen atoms in total. The van der Waals surface area contributed by atoms with Crippen LogP contribution in [0.4, 0.5) is 0 Å². The van der Waals surface area contributed by atoms with Crippen LogP contribution in [0.25, 0.3) is 11.1 Å². The summed E-state index contributed by atoms with van der Waals surface area (Å²) in [5.41, 5.74) is 6.55. The van der Waals surface area contributed by atoms with Gasteiger partial charge in [-0.25, -0.2) is 4.79 Å². The van der Waals surface area contributed by atoms with Crippen LogP contribution in [0.15, 0.2) is 127 Å². The van der Waals surface area contributed by atoms with Gasteiger partial charge in [-0.1, -0.05) is 84.9 Å². The van der Waals surface area contributed by atoms with Crippen LogP contribution >= 0.6 is 0 Å². The topological polar surface area (TPSA) is 65.1 Å². The second-order valence-electron chi connectivity index (χ2n) is 12.2. The number of rotatable bonds is 10. The van der Waals surface area contributed by atoms with E-state index in [2.05, 4.69) is 11.8 Å². The van der Waals surface area contributed by atoms with Gasteiger partial charge in [-0.05, 0) is 92.0 Å². The number of allylic oxidation sites excluding steroid dienone is 1. The summed E-state index contributed by atoms with van der Waals surface area (Å²) >= 11 is 0. The van der Waals surface area contributed by atoms with Crippen molar-refractivity contribution >= 4 is 22.9 Å². The van der Waals surface area contributed by atoms with Gasteiger partial charge in [-0.3, -0.25) is 9.69 Å². The zero-order chi connectivity index (χ0) is 32.9. The van der Waals surface area contributed by atoms with E-state index >= 15 is 0 Å². The van der Waals surface area contributed by atoms with Gasteiger partial charge in [-0.2, -0.15) is 0 Å². The Bertz CT molecular complexity index is 1930. The second-order valence-corrected chi connectivity index (χ2v) is 12.2. The number of ketones is 1. The molecule has 240 valence electrons. The van der Waals surface area contributed by atoms with Gasteiger partial charge in [0.15, 0.2) is 5.78 Å². The fourth-order valence-electron chi connectivity index (χ4n) is 6.44. The summed E-state index contributed by atoms with van der Waals surface area (Å²) in [6.45, 7) is 5.95. The van der Waals surface area contributed by atoms with Gasteiger partial charge in [0.25, 0.3) is 0 Å². The quantitative estimate of drug-likeness (QED) is 0.0869. The lowest BCUT2D eigenvalue weighted by Gasteiger charge is -2.31. The first-order chi connectivity index (χ1) is 23.5. The molecule has 0 aliphatic carbocycles. The van der Waals surface area contributed by atoms with Gasteiger partial charge in [0.05, 0.1) is 5.56 Å². The van der Waals surface area contributed by atoms with Crippen LogP contribution in [0.3, 0.4) is 0 Å². The molecule has 6 heteroatoms. The van der Waals surface area contributed by atoms with Crippen molar-refractivity contribution in [1.82, 2.24) is 4.90 Å². The number of esters is 1. The number of ether oxygens (including phenoxy) is 3. The maximum Gasteiger partial charge on any atom is 0.343 e. The number of benzene rings is 5. The van der Waals surface area contributed by atoms with E-state index in [0.717, 1.165) is 53.2 Å². The Hall–Kier alpha value is -5.46. The third-order valence-corrected chi connectivity index (χ3v) is 9.04. The average Bonchev–Trinajstić information content (AvgIpc) is 3.66. The zero-order valence-corrected chi connectivity index (χ0v) is 26.9. The SMILES string of the molecule is CC1=C(c2ccc(OC(=O)c3ccccc3)cc2)C(c2ccc(OCCN3CCCC3)cc2)Oc2cc(C(=O)c3ccccc3)ccc21. The van der Waals surface area contributed by atoms with Crippen molar-refractivity contribution in [2.45, 2.75) is 25.9 Å². The van der Waals surface area contributed by atoms with E-state index < -0.39 is 12.1 Å². The molecular formula is C42H37NO5. The zero-order valence-electron chi connectivity index (χ0n) is 26.9. The van der Waals surface area contributed by atoms with Crippen molar-refractivity contribution in [2.75, 3.05) is 26.2 Å². The molecule has 7 rings (SSSR count). The average molecular weight is 636 g/mol. The molecule has 48 heavy (non-hydrogen) atoms. The molecule has 1 unspecified atom stereocenters. The third-order valence-electron chi connectivity index (χ3n) is 9.04. The van der Waals surface area contributed by atoms with Crippen molar-refractivity contribution in [3.63, 3.8) is 0 Å². The molecule has 0 N–H and O–H groups in total. The summed E-state index contributed by atoms with van der Waals surface area (Å²) in [5.74, 6) is 1.47. The first-order valence-electron chi connectivity index (χ1n) is 16.5. The molecule has 0 aromatic heterocycles. The Labute approximate surface area is 281 Å². The molecule has 1 atom stereocenters. The van der Waals surface area contributed by atoms with E-state index in [9.17, 15) is 9.59 Å². The highest BCUT2D eigenvalue weighted by molar-refractivity contribution is 6.09. The van der Waals surface area contributed by atoms with Gasteiger partial charge in [0.1, 0.15) is 30.0 Å². The Morgan fingerprint density at radius 2 is 1.38 bits per heavy atom. The van der Waals surface area contributed by atoms with Gasteiger partial charge >= 0.3 is 5.97 Å². The molecule has 2 aliphatic rings. The molecule has 0 radical (unpaired) electrons. The largest absolute Gasteiger partial charge is 0.492 e. The van der Waals surface area contributed by atoms with Gasteiger partial charge in [0.2, 0.25) is 0 Å². The maximum atomic E-state index is 13.3. The Balaban J connectivity index is 1.19. The van der Waals surface area contributed by atoms with E-state index in [-0.39, 0.29) is 5.78 Å². The molecular weight excluding hydrogens is 598 g/mol. The second kappa shape index (κ2) is 14.1. The predicted molar refractivity (Wildman–Crippen MR) is 188 cm³/mol. The Morgan fingerprint density at radius 1 is 0.729 bits per heavy atom. The van der Waals surface area contributed by atoms with Crippen molar-refractivity contribution in [2.24, 2.45) is 0 Å². The van der Waals surface area contributed by atoms with Crippen LogP contribution in [0, 0.1) is 0 Å². The van der Waals surface area contributed by atoms with Crippen LogP contribution in [-0.2, 0) is 0 Å². The summed E-state index contributed by atoms with van der Waals surface area (Å²) in [6, 6.07) is 39.5. The number of carbonyl (C=O) groups excluding carboxylic acids is 2. The summed E-state index contributed by atoms with van der Waals surface area (Å²) in [4.78, 5) is 28.4. The third kappa shape index (κ3) is 6.80. The maximum absolute atomic E-state index is 13.3. The van der Waals surface area contributed by atoms with E-state index in [4.69, 9.17) is 14.2 Å². The van der Waals surface area contributed by atoms with Crippen molar-refractivity contribution in [3.05, 3.63) is 161 Å². The molecule has 0 spiro atoms. The Kier molecular flexibility index (Phi) is 9.16. The first kappa shape index (κ1) is 31.2. The van der Waals surface area contributed by atoms with Gasteiger partial charge in [-0.15, -0.1) is 0 Å². The van der Waals surface area contributed by atoms with Gasteiger partial charge in [0, 0.05) is 28.8 Å². The van der Waals surface area contributed by atoms with Crippen LogP contribution in [0.5, 0.6) is 17.2 Å². The minimum absolute atomic E-state index is 0.0537. The minimum Gasteiger partial charge on any atom is -0.492 e. The highest BCUT2D eigenvalue weighted by Gasteiger charge is 2.30. The molecule has 0 amide bonds. The lowest BCUT2D eigenvalue weighted by atomic mass is 9.85. The number of hydrogen-bond donors (Lipinski definition) is 0. The predicted octanol–water partition coefficient (Wildman–Crippen LogP) is 8.68. The summed E-state index contributed by atoms with van der Waals surface area (Å²) in [6.07, 6.45) is 2.08. The van der Waals surface area contributed by atoms with E-state index in [1.54, 1.807) is 12.1 Å². The van der Waals surface area contributed by atoms with Crippen molar-refractivity contribution < 1.29 is 23.8 Å². The minimum atomic E-state index is -0.448. The standard InChI is InChI=1S/C42H37NO5/c1-29-37-23-18-34(40(44)31-10-4-2-5-11-31)28-38(37)48-41(32-16-19-35(20-17-32)46-27-26-43-24-8-9-25-43)39(29)30-14-21-36(22-15-30)47-42(45)33-12-6-3-7-13-33/h2-7,10-23,28,41H,8-9,24-27H2,1H3. The molecule has 5 aromatic carbocycles. The van der Waals surface area contributed by atoms with Crippen LogP contribution in [-0.4, -0.2) is 42.9 Å². The lowest BCUT2D eigenvalue weighted by Crippen LogP contribution is -2.25. The summed E-state index contributed by atoms with van der Waals surface area (Å²) in [5, 5.41) is 0. The monoisotopic (exact) mass is 635 g/mol. The van der Waals surface area contributed by atoms with Crippen molar-refractivity contribution in [1.29, 1.82) is 0 Å². The van der Waals surface area contributed by atoms with E-state index in [1.807, 2.05) is 115 Å². The normalized spacial score (nSPS) is 15.8. The van der Waals surface area contributed by atoms with Crippen LogP contribution in [0.1, 0.15) is 68.8 Å². The molecule has 5 aromatic rings. The number of likely N-dealkylation sites (tertiary alicyclic amines) is 1. The van der Waals surface area contributed by atoms with Crippen LogP contribution < -0.4 is 14.2 Å². The molecule has 2 heterocycles. The van der Waals surface area contributed by atoms with E-state index in [1.165, 1.54) is 12.8 Å². The molecule has 0 bridgehead atoms. The Morgan fingerprint density at radius 3 is 2.06 bits per heavy atom. The fraction of sp³-hybridized carbons (Fsp3) is 0.190. The van der Waals surface area contributed by atoms with Crippen LogP contribution in [0.2, 0.25) is 0 Å². The molecule has 0 saturated carbocycles. The molecule has 2 aliphatic heterocycles. The fourth-order valence-corrected chi connectivity index (χ4v) is 6.44. The number of hydrogen-bond acceptors (Lipinski definition) is 6. The smallest absolute Gasteiger partial charge is 0.343 e. The van der Waals surface area contributed by atoms with Gasteiger partial charge < -0.3 is 14.2 Å². The summed E-state index contributed by atoms with van der Waals surface area (Å²) < 4.78 is 18.5. The van der Waals surface area contributed by atoms with E-state index in [0.29, 0.717) is 34.8 Å². The number of nitrogens with zero attached hydrogens (tertiary/aromatic N) is 1. The summed E-state index contributed by atoms with van der Waals surface area (Å²) in [7, 11) is 0. The number of carbonyl (C=O) groups is 2. The molecule has 1 saturated heterocycles. The number of fused-ring (bicyclic) bond motifs is 1.